The number of hydrogen-bond donors (Lipinski definition) is 1. The lowest BCUT2D eigenvalue weighted by Gasteiger charge is -1.98. The zero-order valence-corrected chi connectivity index (χ0v) is 11.3. The molecule has 0 atom stereocenters. The molecule has 2 heterocycles. The van der Waals surface area contributed by atoms with Crippen LogP contribution in [0.25, 0.3) is 6.08 Å². The van der Waals surface area contributed by atoms with Crippen molar-refractivity contribution < 1.29 is 4.79 Å². The van der Waals surface area contributed by atoms with Crippen molar-refractivity contribution >= 4 is 51.4 Å². The van der Waals surface area contributed by atoms with Crippen molar-refractivity contribution in [2.75, 3.05) is 5.32 Å². The number of anilines is 1. The summed E-state index contributed by atoms with van der Waals surface area (Å²) in [5.41, 5.74) is 0.0173. The molecular formula is C11H6ClN3OS2. The smallest absolute Gasteiger partial charge is 0.268 e. The first kappa shape index (κ1) is 12.8. The number of hydrogen-bond acceptors (Lipinski definition) is 5. The fourth-order valence-corrected chi connectivity index (χ4v) is 2.67. The van der Waals surface area contributed by atoms with E-state index in [-0.39, 0.29) is 5.57 Å². The van der Waals surface area contributed by atoms with Crippen molar-refractivity contribution in [2.45, 2.75) is 0 Å². The van der Waals surface area contributed by atoms with E-state index in [1.165, 1.54) is 28.7 Å². The minimum absolute atomic E-state index is 0.0173. The molecule has 4 nitrogen and oxygen atoms in total. The second-order valence-corrected chi connectivity index (χ2v) is 5.74. The highest BCUT2D eigenvalue weighted by molar-refractivity contribution is 7.17. The molecule has 90 valence electrons. The van der Waals surface area contributed by atoms with Crippen LogP contribution in [0.4, 0.5) is 5.13 Å². The van der Waals surface area contributed by atoms with Gasteiger partial charge in [0.25, 0.3) is 5.91 Å². The third-order valence-electron chi connectivity index (χ3n) is 1.90. The number of amides is 1. The maximum Gasteiger partial charge on any atom is 0.268 e. The van der Waals surface area contributed by atoms with Gasteiger partial charge in [0.15, 0.2) is 5.13 Å². The summed E-state index contributed by atoms with van der Waals surface area (Å²) < 4.78 is 0.610. The molecular weight excluding hydrogens is 290 g/mol. The molecule has 0 aliphatic heterocycles. The van der Waals surface area contributed by atoms with Gasteiger partial charge in [-0.25, -0.2) is 4.98 Å². The highest BCUT2D eigenvalue weighted by Crippen LogP contribution is 2.23. The van der Waals surface area contributed by atoms with E-state index in [0.29, 0.717) is 9.47 Å². The first-order valence-electron chi connectivity index (χ1n) is 4.77. The molecule has 0 saturated carbocycles. The van der Waals surface area contributed by atoms with E-state index in [1.54, 1.807) is 23.7 Å². The van der Waals surface area contributed by atoms with Gasteiger partial charge in [0.2, 0.25) is 0 Å². The van der Waals surface area contributed by atoms with Crippen LogP contribution < -0.4 is 5.32 Å². The van der Waals surface area contributed by atoms with Crippen LogP contribution in [-0.4, -0.2) is 10.9 Å². The van der Waals surface area contributed by atoms with Gasteiger partial charge in [-0.3, -0.25) is 10.1 Å². The molecule has 0 aliphatic rings. The first-order chi connectivity index (χ1) is 8.69. The van der Waals surface area contributed by atoms with E-state index in [2.05, 4.69) is 10.3 Å². The average molecular weight is 296 g/mol. The topological polar surface area (TPSA) is 65.8 Å². The van der Waals surface area contributed by atoms with E-state index < -0.39 is 5.91 Å². The Labute approximate surface area is 116 Å². The number of nitrogens with zero attached hydrogens (tertiary/aromatic N) is 2. The Hall–Kier alpha value is -1.68. The van der Waals surface area contributed by atoms with Crippen LogP contribution in [0, 0.1) is 11.3 Å². The monoisotopic (exact) mass is 295 g/mol. The molecule has 2 aromatic heterocycles. The largest absolute Gasteiger partial charge is 0.297 e. The number of nitrogens with one attached hydrogen (secondary N) is 1. The van der Waals surface area contributed by atoms with Gasteiger partial charge in [-0.15, -0.1) is 22.7 Å². The average Bonchev–Trinajstić information content (AvgIpc) is 2.97. The SMILES string of the molecule is N#C/C(=C\c1ccc(Cl)s1)C(=O)Nc1nccs1. The molecule has 0 aliphatic carbocycles. The summed E-state index contributed by atoms with van der Waals surface area (Å²) >= 11 is 8.37. The molecule has 2 aromatic rings. The third-order valence-corrected chi connectivity index (χ3v) is 3.77. The van der Waals surface area contributed by atoms with E-state index in [1.807, 2.05) is 6.07 Å². The molecule has 0 bridgehead atoms. The summed E-state index contributed by atoms with van der Waals surface area (Å²) in [6.07, 6.45) is 3.08. The molecule has 2 rings (SSSR count). The van der Waals surface area contributed by atoms with Crippen LogP contribution in [0.5, 0.6) is 0 Å². The second kappa shape index (κ2) is 5.78. The minimum Gasteiger partial charge on any atom is -0.297 e. The maximum absolute atomic E-state index is 11.8. The normalized spacial score (nSPS) is 11.0. The standard InChI is InChI=1S/C11H6ClN3OS2/c12-9-2-1-8(18-9)5-7(6-13)10(16)15-11-14-3-4-17-11/h1-5H,(H,14,15,16)/b7-5+. The van der Waals surface area contributed by atoms with Crippen LogP contribution in [0.15, 0.2) is 29.3 Å². The number of rotatable bonds is 3. The maximum atomic E-state index is 11.8. The Morgan fingerprint density at radius 3 is 2.94 bits per heavy atom. The fraction of sp³-hybridized carbons (Fsp3) is 0. The van der Waals surface area contributed by atoms with Crippen molar-refractivity contribution in [3.63, 3.8) is 0 Å². The number of thiazole rings is 1. The van der Waals surface area contributed by atoms with Crippen molar-refractivity contribution in [3.8, 4) is 6.07 Å². The highest BCUT2D eigenvalue weighted by Gasteiger charge is 2.11. The van der Waals surface area contributed by atoms with Crippen molar-refractivity contribution in [1.82, 2.24) is 4.98 Å². The Bertz CT molecular complexity index is 625. The van der Waals surface area contributed by atoms with Crippen LogP contribution >= 0.6 is 34.3 Å². The molecule has 0 fully saturated rings. The van der Waals surface area contributed by atoms with Crippen molar-refractivity contribution in [3.05, 3.63) is 38.5 Å². The van der Waals surface area contributed by atoms with Gasteiger partial charge in [0, 0.05) is 16.5 Å². The summed E-state index contributed by atoms with van der Waals surface area (Å²) in [5, 5.41) is 13.7. The quantitative estimate of drug-likeness (QED) is 0.697. The summed E-state index contributed by atoms with van der Waals surface area (Å²) in [7, 11) is 0. The van der Waals surface area contributed by atoms with Gasteiger partial charge in [0.1, 0.15) is 11.6 Å². The van der Waals surface area contributed by atoms with Gasteiger partial charge >= 0.3 is 0 Å². The number of halogens is 1. The van der Waals surface area contributed by atoms with Gasteiger partial charge in [-0.05, 0) is 18.2 Å². The molecule has 7 heteroatoms. The molecule has 0 saturated heterocycles. The van der Waals surface area contributed by atoms with Gasteiger partial charge < -0.3 is 0 Å². The lowest BCUT2D eigenvalue weighted by molar-refractivity contribution is -0.112. The predicted octanol–water partition coefficient (Wildman–Crippen LogP) is 3.40. The number of carbonyl (C=O) groups is 1. The Morgan fingerprint density at radius 2 is 2.39 bits per heavy atom. The number of nitriles is 1. The van der Waals surface area contributed by atoms with E-state index in [4.69, 9.17) is 16.9 Å². The fourth-order valence-electron chi connectivity index (χ4n) is 1.15. The van der Waals surface area contributed by atoms with E-state index in [0.717, 1.165) is 4.88 Å². The molecule has 1 amide bonds. The van der Waals surface area contributed by atoms with Gasteiger partial charge in [-0.2, -0.15) is 5.26 Å². The lowest BCUT2D eigenvalue weighted by atomic mass is 10.2. The first-order valence-corrected chi connectivity index (χ1v) is 6.84. The van der Waals surface area contributed by atoms with Crippen LogP contribution in [0.2, 0.25) is 4.34 Å². The minimum atomic E-state index is -0.475. The Kier molecular flexibility index (Phi) is 4.10. The third kappa shape index (κ3) is 3.17. The lowest BCUT2D eigenvalue weighted by Crippen LogP contribution is -2.12. The molecule has 0 aromatic carbocycles. The van der Waals surface area contributed by atoms with Crippen molar-refractivity contribution in [1.29, 1.82) is 5.26 Å². The summed E-state index contributed by atoms with van der Waals surface area (Å²) in [5.74, 6) is -0.475. The number of thiophene rings is 1. The highest BCUT2D eigenvalue weighted by atomic mass is 35.5. The predicted molar refractivity (Wildman–Crippen MR) is 73.7 cm³/mol. The molecule has 0 spiro atoms. The van der Waals surface area contributed by atoms with Gasteiger partial charge in [-0.1, -0.05) is 11.6 Å². The Balaban J connectivity index is 2.16. The van der Waals surface area contributed by atoms with Crippen LogP contribution in [0.3, 0.4) is 0 Å². The zero-order valence-electron chi connectivity index (χ0n) is 8.88. The second-order valence-electron chi connectivity index (χ2n) is 3.10. The summed E-state index contributed by atoms with van der Waals surface area (Å²) in [6, 6.07) is 5.33. The molecule has 1 N–H and O–H groups in total. The zero-order chi connectivity index (χ0) is 13.0. The van der Waals surface area contributed by atoms with Crippen LogP contribution in [0.1, 0.15) is 4.88 Å². The van der Waals surface area contributed by atoms with E-state index in [9.17, 15) is 4.79 Å². The molecule has 0 unspecified atom stereocenters. The number of aromatic nitrogens is 1. The van der Waals surface area contributed by atoms with E-state index >= 15 is 0 Å². The molecule has 0 radical (unpaired) electrons. The van der Waals surface area contributed by atoms with Gasteiger partial charge in [0.05, 0.1) is 4.34 Å². The van der Waals surface area contributed by atoms with Crippen LogP contribution in [-0.2, 0) is 4.79 Å². The van der Waals surface area contributed by atoms with Crippen molar-refractivity contribution in [2.24, 2.45) is 0 Å². The summed E-state index contributed by atoms with van der Waals surface area (Å²) in [4.78, 5) is 16.5. The summed E-state index contributed by atoms with van der Waals surface area (Å²) in [6.45, 7) is 0. The number of carbonyl (C=O) groups excluding carboxylic acids is 1. The molecule has 18 heavy (non-hydrogen) atoms. The Morgan fingerprint density at radius 1 is 1.56 bits per heavy atom.